The number of rotatable bonds is 12. The number of aryl methyl sites for hydroxylation is 2. The molecular formula is C16H23Br2N7O2. The number of unbranched alkanes of at least 4 members (excludes halogenated alkanes) is 2. The molecule has 0 aliphatic heterocycles. The number of nitrogens with zero attached hydrogens (tertiary/aromatic N) is 4. The SMILES string of the molecule is O=[N+]([O-])CC(=NCCCCc1[nH]cnc1Br)NCCCCc1[nH]cnc1Br. The van der Waals surface area contributed by atoms with E-state index in [-0.39, 0.29) is 11.5 Å². The van der Waals surface area contributed by atoms with Crippen molar-refractivity contribution in [3.63, 3.8) is 0 Å². The molecule has 2 aromatic rings. The van der Waals surface area contributed by atoms with Crippen molar-refractivity contribution in [2.75, 3.05) is 19.6 Å². The van der Waals surface area contributed by atoms with Gasteiger partial charge in [0.2, 0.25) is 0 Å². The van der Waals surface area contributed by atoms with Crippen molar-refractivity contribution in [3.8, 4) is 0 Å². The second-order valence-electron chi connectivity index (χ2n) is 6.00. The fourth-order valence-electron chi connectivity index (χ4n) is 2.53. The molecule has 0 radical (unpaired) electrons. The molecule has 0 amide bonds. The van der Waals surface area contributed by atoms with Gasteiger partial charge in [-0.2, -0.15) is 0 Å². The number of hydrogen-bond donors (Lipinski definition) is 3. The van der Waals surface area contributed by atoms with Crippen LogP contribution in [0.1, 0.15) is 37.1 Å². The summed E-state index contributed by atoms with van der Waals surface area (Å²) in [5, 5.41) is 13.9. The number of nitro groups is 1. The first-order chi connectivity index (χ1) is 13.1. The molecular weight excluding hydrogens is 482 g/mol. The summed E-state index contributed by atoms with van der Waals surface area (Å²) in [6.07, 6.45) is 8.72. The molecule has 0 aliphatic rings. The lowest BCUT2D eigenvalue weighted by Crippen LogP contribution is -2.31. The van der Waals surface area contributed by atoms with Gasteiger partial charge < -0.3 is 15.3 Å². The van der Waals surface area contributed by atoms with Crippen molar-refractivity contribution >= 4 is 37.7 Å². The van der Waals surface area contributed by atoms with Gasteiger partial charge in [-0.1, -0.05) is 0 Å². The molecule has 27 heavy (non-hydrogen) atoms. The van der Waals surface area contributed by atoms with Crippen LogP contribution in [0.15, 0.2) is 26.9 Å². The molecule has 0 spiro atoms. The van der Waals surface area contributed by atoms with Gasteiger partial charge in [0, 0.05) is 29.4 Å². The standard InChI is InChI=1S/C16H23Br2N7O2/c17-15-12(21-10-23-15)5-1-3-7-19-14(9-25(26)27)20-8-4-2-6-13-16(18)24-11-22-13/h10-11H,1-9H2,(H,19,20)(H,21,23)(H,22,24). The Kier molecular flexibility index (Phi) is 9.46. The number of amidine groups is 1. The van der Waals surface area contributed by atoms with Gasteiger partial charge in [0.05, 0.1) is 12.7 Å². The summed E-state index contributed by atoms with van der Waals surface area (Å²) in [4.78, 5) is 29.2. The zero-order valence-electron chi connectivity index (χ0n) is 14.9. The molecule has 0 fully saturated rings. The predicted molar refractivity (Wildman–Crippen MR) is 111 cm³/mol. The summed E-state index contributed by atoms with van der Waals surface area (Å²) < 4.78 is 1.68. The first-order valence-electron chi connectivity index (χ1n) is 8.80. The number of imidazole rings is 2. The van der Waals surface area contributed by atoms with Gasteiger partial charge in [-0.15, -0.1) is 0 Å². The molecule has 0 aromatic carbocycles. The van der Waals surface area contributed by atoms with Gasteiger partial charge in [0.15, 0.2) is 5.84 Å². The van der Waals surface area contributed by atoms with E-state index >= 15 is 0 Å². The zero-order valence-corrected chi connectivity index (χ0v) is 18.1. The summed E-state index contributed by atoms with van der Waals surface area (Å²) >= 11 is 6.76. The second kappa shape index (κ2) is 11.9. The van der Waals surface area contributed by atoms with Crippen LogP contribution >= 0.6 is 31.9 Å². The van der Waals surface area contributed by atoms with Gasteiger partial charge in [-0.05, 0) is 70.4 Å². The van der Waals surface area contributed by atoms with Crippen molar-refractivity contribution in [2.24, 2.45) is 4.99 Å². The number of halogens is 2. The highest BCUT2D eigenvalue weighted by atomic mass is 79.9. The lowest BCUT2D eigenvalue weighted by atomic mass is 10.2. The molecule has 0 saturated carbocycles. The third-order valence-corrected chi connectivity index (χ3v) is 5.30. The molecule has 2 rings (SSSR count). The summed E-state index contributed by atoms with van der Waals surface area (Å²) in [5.41, 5.74) is 2.13. The highest BCUT2D eigenvalue weighted by Crippen LogP contribution is 2.14. The highest BCUT2D eigenvalue weighted by Gasteiger charge is 2.07. The van der Waals surface area contributed by atoms with E-state index in [1.165, 1.54) is 0 Å². The molecule has 2 heterocycles. The summed E-state index contributed by atoms with van der Waals surface area (Å²) in [7, 11) is 0. The van der Waals surface area contributed by atoms with Crippen LogP contribution in [0.3, 0.4) is 0 Å². The molecule has 3 N–H and O–H groups in total. The Hall–Kier alpha value is -1.75. The molecule has 0 aliphatic carbocycles. The van der Waals surface area contributed by atoms with E-state index in [9.17, 15) is 10.1 Å². The van der Waals surface area contributed by atoms with Crippen LogP contribution in [-0.4, -0.2) is 50.3 Å². The van der Waals surface area contributed by atoms with Crippen molar-refractivity contribution in [2.45, 2.75) is 38.5 Å². The molecule has 0 saturated heterocycles. The van der Waals surface area contributed by atoms with Crippen LogP contribution in [0.5, 0.6) is 0 Å². The maximum atomic E-state index is 10.8. The molecule has 2 aromatic heterocycles. The largest absolute Gasteiger partial charge is 0.368 e. The number of aliphatic imine (C=N–C) groups is 1. The number of aromatic nitrogens is 4. The normalized spacial score (nSPS) is 11.7. The molecule has 148 valence electrons. The molecule has 11 heteroatoms. The first kappa shape index (κ1) is 21.5. The quantitative estimate of drug-likeness (QED) is 0.134. The van der Waals surface area contributed by atoms with Crippen molar-refractivity contribution < 1.29 is 4.92 Å². The van der Waals surface area contributed by atoms with Gasteiger partial charge >= 0.3 is 0 Å². The Morgan fingerprint density at radius 2 is 1.67 bits per heavy atom. The smallest absolute Gasteiger partial charge is 0.259 e. The Labute approximate surface area is 174 Å². The second-order valence-corrected chi connectivity index (χ2v) is 7.51. The Bertz CT molecular complexity index is 745. The zero-order chi connectivity index (χ0) is 19.5. The van der Waals surface area contributed by atoms with E-state index in [2.05, 4.69) is 62.1 Å². The van der Waals surface area contributed by atoms with Crippen LogP contribution in [0.4, 0.5) is 0 Å². The predicted octanol–water partition coefficient (Wildman–Crippen LogP) is 3.27. The summed E-state index contributed by atoms with van der Waals surface area (Å²) in [5.74, 6) is 0.449. The number of H-pyrrole nitrogens is 2. The van der Waals surface area contributed by atoms with E-state index in [1.54, 1.807) is 12.7 Å². The number of hydrogen-bond acceptors (Lipinski definition) is 5. The third kappa shape index (κ3) is 8.21. The Balaban J connectivity index is 1.65. The maximum absolute atomic E-state index is 10.8. The topological polar surface area (TPSA) is 125 Å². The lowest BCUT2D eigenvalue weighted by Gasteiger charge is -2.07. The summed E-state index contributed by atoms with van der Waals surface area (Å²) in [6, 6.07) is 0. The van der Waals surface area contributed by atoms with Crippen LogP contribution in [-0.2, 0) is 12.8 Å². The van der Waals surface area contributed by atoms with Gasteiger partial charge in [-0.25, -0.2) is 9.97 Å². The first-order valence-corrected chi connectivity index (χ1v) is 10.4. The Morgan fingerprint density at radius 3 is 2.19 bits per heavy atom. The monoisotopic (exact) mass is 503 g/mol. The van der Waals surface area contributed by atoms with E-state index < -0.39 is 0 Å². The maximum Gasteiger partial charge on any atom is 0.259 e. The highest BCUT2D eigenvalue weighted by molar-refractivity contribution is 9.10. The molecule has 0 atom stereocenters. The average Bonchev–Trinajstić information content (AvgIpc) is 3.22. The van der Waals surface area contributed by atoms with E-state index in [1.807, 2.05) is 0 Å². The van der Waals surface area contributed by atoms with E-state index in [0.29, 0.717) is 18.9 Å². The van der Waals surface area contributed by atoms with Crippen LogP contribution in [0.25, 0.3) is 0 Å². The van der Waals surface area contributed by atoms with Crippen LogP contribution in [0, 0.1) is 10.1 Å². The Morgan fingerprint density at radius 1 is 1.07 bits per heavy atom. The number of aromatic amines is 2. The van der Waals surface area contributed by atoms with Crippen molar-refractivity contribution in [1.82, 2.24) is 25.3 Å². The minimum Gasteiger partial charge on any atom is -0.368 e. The van der Waals surface area contributed by atoms with Gasteiger partial charge in [-0.3, -0.25) is 15.1 Å². The van der Waals surface area contributed by atoms with Gasteiger partial charge in [0.1, 0.15) is 9.21 Å². The molecule has 0 unspecified atom stereocenters. The van der Waals surface area contributed by atoms with Crippen molar-refractivity contribution in [1.29, 1.82) is 0 Å². The third-order valence-electron chi connectivity index (χ3n) is 3.93. The van der Waals surface area contributed by atoms with Crippen LogP contribution < -0.4 is 5.32 Å². The van der Waals surface area contributed by atoms with Crippen molar-refractivity contribution in [3.05, 3.63) is 43.4 Å². The fourth-order valence-corrected chi connectivity index (χ4v) is 3.36. The number of nitrogens with one attached hydrogen (secondary N) is 3. The lowest BCUT2D eigenvalue weighted by molar-refractivity contribution is -0.463. The minimum absolute atomic E-state index is 0.266. The molecule has 9 nitrogen and oxygen atoms in total. The van der Waals surface area contributed by atoms with E-state index in [0.717, 1.165) is 59.1 Å². The molecule has 0 bridgehead atoms. The fraction of sp³-hybridized carbons (Fsp3) is 0.562. The summed E-state index contributed by atoms with van der Waals surface area (Å²) in [6.45, 7) is 0.973. The minimum atomic E-state index is -0.352. The van der Waals surface area contributed by atoms with Crippen LogP contribution in [0.2, 0.25) is 0 Å². The average molecular weight is 505 g/mol. The van der Waals surface area contributed by atoms with Gasteiger partial charge in [0.25, 0.3) is 6.54 Å². The van der Waals surface area contributed by atoms with E-state index in [4.69, 9.17) is 0 Å².